The smallest absolute Gasteiger partial charge is 0.335 e. The standard InChI is InChI=1S/C26H24BrNO5/c1-17-28-24(26(29)30-2)25(33-17)20-13-22(31-15-18-9-5-3-6-10-18)23(14-21(20)27)32-16-19-11-7-4-8-12-19/h3-14,24-25H,15-16H2,1-2H3. The van der Waals surface area contributed by atoms with Crippen molar-refractivity contribution in [3.63, 3.8) is 0 Å². The minimum Gasteiger partial charge on any atom is -0.485 e. The minimum atomic E-state index is -0.788. The van der Waals surface area contributed by atoms with Gasteiger partial charge >= 0.3 is 5.97 Å². The van der Waals surface area contributed by atoms with Gasteiger partial charge in [0.15, 0.2) is 29.5 Å². The summed E-state index contributed by atoms with van der Waals surface area (Å²) >= 11 is 3.61. The quantitative estimate of drug-likeness (QED) is 0.367. The Labute approximate surface area is 201 Å². The average molecular weight is 510 g/mol. The van der Waals surface area contributed by atoms with Crippen molar-refractivity contribution in [3.05, 3.63) is 94.0 Å². The topological polar surface area (TPSA) is 66.4 Å². The van der Waals surface area contributed by atoms with E-state index in [-0.39, 0.29) is 0 Å². The molecule has 2 atom stereocenters. The number of carbonyl (C=O) groups is 1. The van der Waals surface area contributed by atoms with Crippen LogP contribution in [0.4, 0.5) is 0 Å². The summed E-state index contributed by atoms with van der Waals surface area (Å²) in [7, 11) is 1.34. The Hall–Kier alpha value is -3.32. The number of benzene rings is 3. The highest BCUT2D eigenvalue weighted by atomic mass is 79.9. The molecule has 1 aliphatic heterocycles. The van der Waals surface area contributed by atoms with Crippen molar-refractivity contribution < 1.29 is 23.7 Å². The second-order valence-electron chi connectivity index (χ2n) is 7.52. The van der Waals surface area contributed by atoms with Gasteiger partial charge in [0.1, 0.15) is 13.2 Å². The number of esters is 1. The number of hydrogen-bond donors (Lipinski definition) is 0. The van der Waals surface area contributed by atoms with Crippen molar-refractivity contribution in [1.82, 2.24) is 0 Å². The third kappa shape index (κ3) is 5.54. The molecule has 0 amide bonds. The average Bonchev–Trinajstić information content (AvgIpc) is 3.24. The molecular formula is C26H24BrNO5. The zero-order chi connectivity index (χ0) is 23.2. The molecule has 0 fully saturated rings. The maximum atomic E-state index is 12.3. The second kappa shape index (κ2) is 10.5. The van der Waals surface area contributed by atoms with Crippen LogP contribution in [0.3, 0.4) is 0 Å². The number of nitrogens with zero attached hydrogens (tertiary/aromatic N) is 1. The number of methoxy groups -OCH3 is 1. The fourth-order valence-corrected chi connectivity index (χ4v) is 4.09. The van der Waals surface area contributed by atoms with Gasteiger partial charge in [-0.05, 0) is 23.3 Å². The van der Waals surface area contributed by atoms with Crippen LogP contribution in [0.25, 0.3) is 0 Å². The Morgan fingerprint density at radius 2 is 1.48 bits per heavy atom. The van der Waals surface area contributed by atoms with Gasteiger partial charge in [0.2, 0.25) is 0 Å². The molecule has 0 radical (unpaired) electrons. The predicted molar refractivity (Wildman–Crippen MR) is 128 cm³/mol. The van der Waals surface area contributed by atoms with Gasteiger partial charge in [0.25, 0.3) is 0 Å². The van der Waals surface area contributed by atoms with E-state index in [1.54, 1.807) is 6.92 Å². The maximum absolute atomic E-state index is 12.3. The number of hydrogen-bond acceptors (Lipinski definition) is 6. The van der Waals surface area contributed by atoms with E-state index in [9.17, 15) is 4.79 Å². The summed E-state index contributed by atoms with van der Waals surface area (Å²) in [6.45, 7) is 2.47. The van der Waals surface area contributed by atoms with Crippen LogP contribution < -0.4 is 9.47 Å². The van der Waals surface area contributed by atoms with Gasteiger partial charge in [-0.1, -0.05) is 76.6 Å². The van der Waals surface area contributed by atoms with Crippen molar-refractivity contribution in [3.8, 4) is 11.5 Å². The fourth-order valence-electron chi connectivity index (χ4n) is 3.54. The van der Waals surface area contributed by atoms with E-state index < -0.39 is 18.1 Å². The Kier molecular flexibility index (Phi) is 7.29. The van der Waals surface area contributed by atoms with E-state index in [1.165, 1.54) is 7.11 Å². The molecular weight excluding hydrogens is 486 g/mol. The van der Waals surface area contributed by atoms with Gasteiger partial charge in [-0.25, -0.2) is 9.79 Å². The Morgan fingerprint density at radius 3 is 2.03 bits per heavy atom. The van der Waals surface area contributed by atoms with E-state index in [4.69, 9.17) is 18.9 Å². The minimum absolute atomic E-state index is 0.366. The first-order valence-corrected chi connectivity index (χ1v) is 11.3. The maximum Gasteiger partial charge on any atom is 0.335 e. The van der Waals surface area contributed by atoms with Crippen molar-refractivity contribution in [2.75, 3.05) is 7.11 Å². The fraction of sp³-hybridized carbons (Fsp3) is 0.231. The lowest BCUT2D eigenvalue weighted by Crippen LogP contribution is -2.25. The van der Waals surface area contributed by atoms with E-state index in [1.807, 2.05) is 72.8 Å². The SMILES string of the molecule is COC(=O)C1N=C(C)OC1c1cc(OCc2ccccc2)c(OCc2ccccc2)cc1Br. The van der Waals surface area contributed by atoms with Crippen LogP contribution in [0.5, 0.6) is 11.5 Å². The van der Waals surface area contributed by atoms with E-state index in [0.717, 1.165) is 21.2 Å². The molecule has 33 heavy (non-hydrogen) atoms. The molecule has 4 rings (SSSR count). The first-order chi connectivity index (χ1) is 16.0. The van der Waals surface area contributed by atoms with Crippen LogP contribution in [-0.4, -0.2) is 25.0 Å². The first-order valence-electron chi connectivity index (χ1n) is 10.5. The molecule has 0 saturated carbocycles. The van der Waals surface area contributed by atoms with Crippen LogP contribution in [0.15, 0.2) is 82.3 Å². The Morgan fingerprint density at radius 1 is 0.939 bits per heavy atom. The lowest BCUT2D eigenvalue weighted by Gasteiger charge is -2.21. The van der Waals surface area contributed by atoms with Gasteiger partial charge in [-0.15, -0.1) is 0 Å². The van der Waals surface area contributed by atoms with Crippen molar-refractivity contribution in [1.29, 1.82) is 0 Å². The van der Waals surface area contributed by atoms with Crippen molar-refractivity contribution in [2.45, 2.75) is 32.3 Å². The predicted octanol–water partition coefficient (Wildman–Crippen LogP) is 5.64. The summed E-state index contributed by atoms with van der Waals surface area (Å²) < 4.78 is 23.8. The van der Waals surface area contributed by atoms with Crippen LogP contribution in [0, 0.1) is 0 Å². The van der Waals surface area contributed by atoms with E-state index >= 15 is 0 Å². The molecule has 0 spiro atoms. The van der Waals surface area contributed by atoms with Crippen LogP contribution in [0.2, 0.25) is 0 Å². The largest absolute Gasteiger partial charge is 0.485 e. The molecule has 0 bridgehead atoms. The third-order valence-electron chi connectivity index (χ3n) is 5.19. The van der Waals surface area contributed by atoms with Crippen LogP contribution in [0.1, 0.15) is 29.7 Å². The molecule has 1 aliphatic rings. The second-order valence-corrected chi connectivity index (χ2v) is 8.38. The molecule has 0 N–H and O–H groups in total. The lowest BCUT2D eigenvalue weighted by atomic mass is 10.0. The van der Waals surface area contributed by atoms with Gasteiger partial charge in [-0.3, -0.25) is 0 Å². The molecule has 6 nitrogen and oxygen atoms in total. The van der Waals surface area contributed by atoms with Crippen LogP contribution >= 0.6 is 15.9 Å². The summed E-state index contributed by atoms with van der Waals surface area (Å²) in [6.07, 6.45) is -0.630. The number of aliphatic imine (C=N–C) groups is 1. The van der Waals surface area contributed by atoms with E-state index in [2.05, 4.69) is 20.9 Å². The highest BCUT2D eigenvalue weighted by molar-refractivity contribution is 9.10. The monoisotopic (exact) mass is 509 g/mol. The molecule has 7 heteroatoms. The van der Waals surface area contributed by atoms with Crippen molar-refractivity contribution in [2.24, 2.45) is 4.99 Å². The summed E-state index contributed by atoms with van der Waals surface area (Å²) in [5.41, 5.74) is 2.79. The van der Waals surface area contributed by atoms with Crippen LogP contribution in [-0.2, 0) is 27.5 Å². The Balaban J connectivity index is 1.64. The molecule has 0 saturated heterocycles. The molecule has 170 valence electrons. The van der Waals surface area contributed by atoms with Gasteiger partial charge in [0.05, 0.1) is 7.11 Å². The summed E-state index contributed by atoms with van der Waals surface area (Å²) in [6, 6.07) is 22.7. The summed E-state index contributed by atoms with van der Waals surface area (Å²) in [5.74, 6) is 1.10. The molecule has 2 unspecified atom stereocenters. The highest BCUT2D eigenvalue weighted by Crippen LogP contribution is 2.41. The van der Waals surface area contributed by atoms with E-state index in [0.29, 0.717) is 30.6 Å². The number of rotatable bonds is 8. The molecule has 3 aromatic rings. The van der Waals surface area contributed by atoms with Gasteiger partial charge in [0, 0.05) is 17.0 Å². The van der Waals surface area contributed by atoms with Gasteiger partial charge in [-0.2, -0.15) is 0 Å². The Bertz CT molecular complexity index is 1130. The lowest BCUT2D eigenvalue weighted by molar-refractivity contribution is -0.143. The normalized spacial score (nSPS) is 17.1. The number of ether oxygens (including phenoxy) is 4. The molecule has 3 aromatic carbocycles. The summed E-state index contributed by atoms with van der Waals surface area (Å²) in [4.78, 5) is 16.6. The highest BCUT2D eigenvalue weighted by Gasteiger charge is 2.38. The molecule has 1 heterocycles. The first kappa shape index (κ1) is 22.9. The zero-order valence-electron chi connectivity index (χ0n) is 18.4. The number of halogens is 1. The number of carbonyl (C=O) groups excluding carboxylic acids is 1. The zero-order valence-corrected chi connectivity index (χ0v) is 19.9. The summed E-state index contributed by atoms with van der Waals surface area (Å²) in [5, 5.41) is 0. The van der Waals surface area contributed by atoms with Gasteiger partial charge < -0.3 is 18.9 Å². The third-order valence-corrected chi connectivity index (χ3v) is 5.88. The molecule has 0 aromatic heterocycles. The molecule has 0 aliphatic carbocycles. The van der Waals surface area contributed by atoms with Crippen molar-refractivity contribution >= 4 is 27.8 Å².